The Labute approximate surface area is 101 Å². The fourth-order valence-corrected chi connectivity index (χ4v) is 3.61. The monoisotopic (exact) mass is 343 g/mol. The van der Waals surface area contributed by atoms with E-state index in [9.17, 15) is 13.2 Å². The molecular formula is C9H5F3INS. The molecule has 0 saturated heterocycles. The summed E-state index contributed by atoms with van der Waals surface area (Å²) in [5, 5.41) is 0.192. The van der Waals surface area contributed by atoms with E-state index >= 15 is 0 Å². The van der Waals surface area contributed by atoms with Crippen LogP contribution in [0.4, 0.5) is 18.9 Å². The summed E-state index contributed by atoms with van der Waals surface area (Å²) in [4.78, 5) is 0. The van der Waals surface area contributed by atoms with E-state index in [4.69, 9.17) is 5.73 Å². The van der Waals surface area contributed by atoms with E-state index in [0.29, 0.717) is 10.4 Å². The average molecular weight is 343 g/mol. The predicted molar refractivity (Wildman–Crippen MR) is 64.0 cm³/mol. The van der Waals surface area contributed by atoms with E-state index in [-0.39, 0.29) is 8.27 Å². The maximum Gasteiger partial charge on any atom is 0.418 e. The summed E-state index contributed by atoms with van der Waals surface area (Å²) in [5.41, 5.74) is 5.44. The van der Waals surface area contributed by atoms with E-state index in [1.165, 1.54) is 12.1 Å². The van der Waals surface area contributed by atoms with E-state index in [0.717, 1.165) is 11.3 Å². The molecule has 0 amide bonds. The van der Waals surface area contributed by atoms with Crippen LogP contribution in [0.25, 0.3) is 10.1 Å². The number of benzene rings is 1. The predicted octanol–water partition coefficient (Wildman–Crippen LogP) is 4.11. The Morgan fingerprint density at radius 2 is 1.93 bits per heavy atom. The highest BCUT2D eigenvalue weighted by Gasteiger charge is 2.36. The van der Waals surface area contributed by atoms with Crippen LogP contribution in [0.15, 0.2) is 18.2 Å². The lowest BCUT2D eigenvalue weighted by Gasteiger charge is -2.05. The molecule has 0 fully saturated rings. The summed E-state index contributed by atoms with van der Waals surface area (Å²) in [6.07, 6.45) is -4.32. The van der Waals surface area contributed by atoms with Crippen LogP contribution in [0.1, 0.15) is 5.56 Å². The Morgan fingerprint density at radius 1 is 1.27 bits per heavy atom. The highest BCUT2D eigenvalue weighted by Crippen LogP contribution is 2.44. The summed E-state index contributed by atoms with van der Waals surface area (Å²) in [5.74, 6) is 0. The Balaban J connectivity index is 2.86. The molecule has 2 N–H and O–H groups in total. The molecule has 1 aromatic carbocycles. The molecule has 0 aliphatic carbocycles. The minimum atomic E-state index is -4.32. The molecule has 80 valence electrons. The topological polar surface area (TPSA) is 26.0 Å². The van der Waals surface area contributed by atoms with E-state index in [1.807, 2.05) is 0 Å². The molecule has 0 saturated carbocycles. The molecule has 0 bridgehead atoms. The van der Waals surface area contributed by atoms with Crippen molar-refractivity contribution in [1.29, 1.82) is 0 Å². The maximum atomic E-state index is 12.7. The van der Waals surface area contributed by atoms with E-state index < -0.39 is 11.7 Å². The van der Waals surface area contributed by atoms with Gasteiger partial charge in [0.15, 0.2) is 0 Å². The Morgan fingerprint density at radius 3 is 2.53 bits per heavy atom. The number of hydrogen-bond acceptors (Lipinski definition) is 2. The van der Waals surface area contributed by atoms with Crippen molar-refractivity contribution in [3.8, 4) is 0 Å². The van der Waals surface area contributed by atoms with Gasteiger partial charge in [0.25, 0.3) is 0 Å². The zero-order chi connectivity index (χ0) is 11.2. The fourth-order valence-electron chi connectivity index (χ4n) is 1.38. The first-order chi connectivity index (χ1) is 6.91. The molecule has 0 atom stereocenters. The number of anilines is 1. The molecular weight excluding hydrogens is 338 g/mol. The summed E-state index contributed by atoms with van der Waals surface area (Å²) in [6, 6.07) is 4.60. The minimum absolute atomic E-state index is 0.192. The quantitative estimate of drug-likeness (QED) is 0.566. The molecule has 0 aliphatic rings. The van der Waals surface area contributed by atoms with Crippen LogP contribution >= 0.6 is 33.9 Å². The van der Waals surface area contributed by atoms with Gasteiger partial charge in [-0.1, -0.05) is 12.1 Å². The molecule has 0 aliphatic heterocycles. The molecule has 15 heavy (non-hydrogen) atoms. The highest BCUT2D eigenvalue weighted by atomic mass is 127. The number of nitrogens with two attached hydrogens (primary N) is 1. The Hall–Kier alpha value is -0.500. The van der Waals surface area contributed by atoms with Crippen LogP contribution in [-0.4, -0.2) is 0 Å². The summed E-state index contributed by atoms with van der Waals surface area (Å²) in [7, 11) is 0. The first-order valence-electron chi connectivity index (χ1n) is 3.95. The first-order valence-corrected chi connectivity index (χ1v) is 5.84. The van der Waals surface area contributed by atoms with Gasteiger partial charge in [-0.2, -0.15) is 13.2 Å². The van der Waals surface area contributed by atoms with Gasteiger partial charge in [0, 0.05) is 11.1 Å². The molecule has 1 aromatic heterocycles. The third-order valence-electron chi connectivity index (χ3n) is 1.99. The number of hydrogen-bond donors (Lipinski definition) is 1. The summed E-state index contributed by atoms with van der Waals surface area (Å²) >= 11 is 2.77. The molecule has 1 nitrogen and oxygen atoms in total. The van der Waals surface area contributed by atoms with Crippen molar-refractivity contribution in [2.24, 2.45) is 0 Å². The van der Waals surface area contributed by atoms with Crippen molar-refractivity contribution in [3.05, 3.63) is 26.6 Å². The third-order valence-corrected chi connectivity index (χ3v) is 4.23. The van der Waals surface area contributed by atoms with Crippen molar-refractivity contribution in [2.45, 2.75) is 6.18 Å². The SMILES string of the molecule is Nc1cccc2c(C(F)(F)F)c(I)sc12. The number of alkyl halides is 3. The van der Waals surface area contributed by atoms with Crippen LogP contribution in [0.2, 0.25) is 0 Å². The third kappa shape index (κ3) is 1.80. The van der Waals surface area contributed by atoms with Crippen LogP contribution in [0.3, 0.4) is 0 Å². The van der Waals surface area contributed by atoms with Crippen LogP contribution in [0.5, 0.6) is 0 Å². The van der Waals surface area contributed by atoms with Crippen molar-refractivity contribution in [1.82, 2.24) is 0 Å². The fraction of sp³-hybridized carbons (Fsp3) is 0.111. The van der Waals surface area contributed by atoms with Crippen LogP contribution < -0.4 is 5.73 Å². The van der Waals surface area contributed by atoms with E-state index in [2.05, 4.69) is 0 Å². The molecule has 0 unspecified atom stereocenters. The zero-order valence-corrected chi connectivity index (χ0v) is 10.2. The number of rotatable bonds is 0. The Kier molecular flexibility index (Phi) is 2.58. The molecule has 0 spiro atoms. The second-order valence-corrected chi connectivity index (χ2v) is 5.80. The lowest BCUT2D eigenvalue weighted by molar-refractivity contribution is -0.136. The normalized spacial score (nSPS) is 12.3. The van der Waals surface area contributed by atoms with Gasteiger partial charge >= 0.3 is 6.18 Å². The smallest absolute Gasteiger partial charge is 0.398 e. The molecule has 0 radical (unpaired) electrons. The minimum Gasteiger partial charge on any atom is -0.398 e. The molecule has 2 aromatic rings. The number of nitrogen functional groups attached to an aromatic ring is 1. The van der Waals surface area contributed by atoms with Gasteiger partial charge in [0.05, 0.1) is 13.1 Å². The van der Waals surface area contributed by atoms with Crippen LogP contribution in [-0.2, 0) is 6.18 Å². The van der Waals surface area contributed by atoms with Gasteiger partial charge in [-0.15, -0.1) is 11.3 Å². The van der Waals surface area contributed by atoms with Gasteiger partial charge in [0.1, 0.15) is 0 Å². The number of halogens is 4. The van der Waals surface area contributed by atoms with Gasteiger partial charge in [-0.3, -0.25) is 0 Å². The summed E-state index contributed by atoms with van der Waals surface area (Å²) in [6.45, 7) is 0. The largest absolute Gasteiger partial charge is 0.418 e. The zero-order valence-electron chi connectivity index (χ0n) is 7.23. The van der Waals surface area contributed by atoms with Gasteiger partial charge in [0.2, 0.25) is 0 Å². The molecule has 1 heterocycles. The number of thiophene rings is 1. The highest BCUT2D eigenvalue weighted by molar-refractivity contribution is 14.1. The standard InChI is InChI=1S/C9H5F3INS/c10-9(11,12)6-4-2-1-3-5(14)7(4)15-8(6)13/h1-3H,14H2. The van der Waals surface area contributed by atoms with Crippen molar-refractivity contribution in [3.63, 3.8) is 0 Å². The Bertz CT molecular complexity index is 518. The van der Waals surface area contributed by atoms with Crippen molar-refractivity contribution in [2.75, 3.05) is 5.73 Å². The second-order valence-electron chi connectivity index (χ2n) is 2.97. The van der Waals surface area contributed by atoms with E-state index in [1.54, 1.807) is 28.7 Å². The van der Waals surface area contributed by atoms with Crippen molar-refractivity contribution < 1.29 is 13.2 Å². The summed E-state index contributed by atoms with van der Waals surface area (Å²) < 4.78 is 38.9. The lowest BCUT2D eigenvalue weighted by atomic mass is 10.1. The maximum absolute atomic E-state index is 12.7. The molecule has 2 rings (SSSR count). The van der Waals surface area contributed by atoms with Crippen molar-refractivity contribution >= 4 is 49.7 Å². The van der Waals surface area contributed by atoms with Gasteiger partial charge in [-0.05, 0) is 28.7 Å². The second kappa shape index (κ2) is 3.51. The number of fused-ring (bicyclic) bond motifs is 1. The average Bonchev–Trinajstić information content (AvgIpc) is 2.41. The lowest BCUT2D eigenvalue weighted by Crippen LogP contribution is -2.05. The van der Waals surface area contributed by atoms with Crippen LogP contribution in [0, 0.1) is 2.88 Å². The first kappa shape index (κ1) is 11.0. The van der Waals surface area contributed by atoms with Gasteiger partial charge in [-0.25, -0.2) is 0 Å². The van der Waals surface area contributed by atoms with Gasteiger partial charge < -0.3 is 5.73 Å². The molecule has 6 heteroatoms.